The summed E-state index contributed by atoms with van der Waals surface area (Å²) in [7, 11) is 0. The number of hydrogen-bond donors (Lipinski definition) is 2. The third-order valence-corrected chi connectivity index (χ3v) is 3.44. The first-order chi connectivity index (χ1) is 10.0. The lowest BCUT2D eigenvalue weighted by atomic mass is 10.0. The van der Waals surface area contributed by atoms with E-state index in [0.717, 1.165) is 51.4 Å². The van der Waals surface area contributed by atoms with Crippen LogP contribution in [-0.4, -0.2) is 27.9 Å². The Morgan fingerprint density at radius 1 is 0.524 bits per heavy atom. The van der Waals surface area contributed by atoms with Gasteiger partial charge in [-0.1, -0.05) is 51.4 Å². The second-order valence-corrected chi connectivity index (χ2v) is 5.54. The van der Waals surface area contributed by atoms with Gasteiger partial charge < -0.3 is 10.2 Å². The molecule has 0 saturated carbocycles. The van der Waals surface area contributed by atoms with Gasteiger partial charge in [0.1, 0.15) is 12.2 Å². The molecular formula is C16H28O5. The van der Waals surface area contributed by atoms with E-state index in [1.807, 2.05) is 0 Å². The minimum atomic E-state index is -1.04. The molecule has 0 amide bonds. The molecule has 2 N–H and O–H groups in total. The quantitative estimate of drug-likeness (QED) is 0.354. The Labute approximate surface area is 126 Å². The number of hydrogen-bond acceptors (Lipinski definition) is 3. The maximum absolute atomic E-state index is 11.1. The first-order valence-corrected chi connectivity index (χ1v) is 7.97. The van der Waals surface area contributed by atoms with Gasteiger partial charge >= 0.3 is 11.9 Å². The summed E-state index contributed by atoms with van der Waals surface area (Å²) in [6, 6.07) is 0. The lowest BCUT2D eigenvalue weighted by molar-refractivity contribution is -0.140. The van der Waals surface area contributed by atoms with Crippen molar-refractivity contribution in [1.29, 1.82) is 0 Å². The molecule has 0 rings (SSSR count). The van der Waals surface area contributed by atoms with Crippen molar-refractivity contribution in [3.05, 3.63) is 0 Å². The molecule has 0 spiro atoms. The zero-order valence-electron chi connectivity index (χ0n) is 12.8. The van der Waals surface area contributed by atoms with E-state index in [2.05, 4.69) is 0 Å². The van der Waals surface area contributed by atoms with Crippen molar-refractivity contribution in [2.45, 2.75) is 83.5 Å². The molecule has 0 heterocycles. The topological polar surface area (TPSA) is 91.7 Å². The molecule has 0 atom stereocenters. The van der Waals surface area contributed by atoms with Gasteiger partial charge in [-0.2, -0.15) is 0 Å². The van der Waals surface area contributed by atoms with Crippen LogP contribution in [0, 0.1) is 0 Å². The molecule has 21 heavy (non-hydrogen) atoms. The van der Waals surface area contributed by atoms with Crippen molar-refractivity contribution in [1.82, 2.24) is 0 Å². The third-order valence-electron chi connectivity index (χ3n) is 3.44. The van der Waals surface area contributed by atoms with Crippen molar-refractivity contribution in [3.63, 3.8) is 0 Å². The smallest absolute Gasteiger partial charge is 0.310 e. The molecule has 0 fully saturated rings. The van der Waals surface area contributed by atoms with E-state index >= 15 is 0 Å². The Hall–Kier alpha value is -1.39. The predicted octanol–water partition coefficient (Wildman–Crippen LogP) is 3.80. The molecule has 0 aliphatic heterocycles. The van der Waals surface area contributed by atoms with Crippen molar-refractivity contribution >= 4 is 17.7 Å². The molecule has 0 bridgehead atoms. The summed E-state index contributed by atoms with van der Waals surface area (Å²) >= 11 is 0. The van der Waals surface area contributed by atoms with Crippen LogP contribution in [0.15, 0.2) is 0 Å². The number of Topliss-reactive ketones (excluding diaryl/α,β-unsaturated/α-hetero) is 1. The van der Waals surface area contributed by atoms with E-state index in [1.165, 1.54) is 12.8 Å². The molecule has 0 unspecified atom stereocenters. The van der Waals surface area contributed by atoms with E-state index in [-0.39, 0.29) is 18.6 Å². The van der Waals surface area contributed by atoms with Crippen molar-refractivity contribution in [2.24, 2.45) is 0 Å². The largest absolute Gasteiger partial charge is 0.481 e. The second kappa shape index (κ2) is 13.6. The summed E-state index contributed by atoms with van der Waals surface area (Å²) in [5.74, 6) is -1.93. The number of carbonyl (C=O) groups excluding carboxylic acids is 1. The van der Waals surface area contributed by atoms with E-state index in [1.54, 1.807) is 0 Å². The van der Waals surface area contributed by atoms with Crippen LogP contribution in [-0.2, 0) is 14.4 Å². The first kappa shape index (κ1) is 19.6. The van der Waals surface area contributed by atoms with Crippen LogP contribution in [0.1, 0.15) is 83.5 Å². The maximum atomic E-state index is 11.1. The molecule has 122 valence electrons. The monoisotopic (exact) mass is 300 g/mol. The molecule has 0 aromatic rings. The lowest BCUT2D eigenvalue weighted by Crippen LogP contribution is -2.05. The normalized spacial score (nSPS) is 10.5. The number of rotatable bonds is 15. The van der Waals surface area contributed by atoms with Crippen LogP contribution < -0.4 is 0 Å². The summed E-state index contributed by atoms with van der Waals surface area (Å²) in [5.41, 5.74) is 0. The van der Waals surface area contributed by atoms with E-state index in [0.29, 0.717) is 6.42 Å². The Kier molecular flexibility index (Phi) is 12.7. The van der Waals surface area contributed by atoms with Gasteiger partial charge in [-0.05, 0) is 12.8 Å². The molecule has 0 radical (unpaired) electrons. The maximum Gasteiger partial charge on any atom is 0.310 e. The van der Waals surface area contributed by atoms with Crippen LogP contribution in [0.2, 0.25) is 0 Å². The highest BCUT2D eigenvalue weighted by atomic mass is 16.4. The van der Waals surface area contributed by atoms with Crippen molar-refractivity contribution in [3.8, 4) is 0 Å². The van der Waals surface area contributed by atoms with Crippen LogP contribution in [0.25, 0.3) is 0 Å². The fraction of sp³-hybridized carbons (Fsp3) is 0.812. The number of unbranched alkanes of at least 4 members (excludes halogenated alkanes) is 9. The summed E-state index contributed by atoms with van der Waals surface area (Å²) in [5, 5.41) is 16.9. The average Bonchev–Trinajstić information content (AvgIpc) is 2.38. The minimum absolute atomic E-state index is 0.177. The number of aliphatic carboxylic acids is 2. The van der Waals surface area contributed by atoms with E-state index < -0.39 is 11.9 Å². The fourth-order valence-corrected chi connectivity index (χ4v) is 2.27. The summed E-state index contributed by atoms with van der Waals surface area (Å²) in [6.07, 6.45) is 10.8. The molecule has 5 nitrogen and oxygen atoms in total. The van der Waals surface area contributed by atoms with Crippen LogP contribution in [0.5, 0.6) is 0 Å². The summed E-state index contributed by atoms with van der Waals surface area (Å²) in [6.45, 7) is 0. The van der Waals surface area contributed by atoms with Gasteiger partial charge in [0, 0.05) is 12.8 Å². The van der Waals surface area contributed by atoms with E-state index in [4.69, 9.17) is 10.2 Å². The zero-order valence-corrected chi connectivity index (χ0v) is 12.8. The Morgan fingerprint density at radius 3 is 1.29 bits per heavy atom. The van der Waals surface area contributed by atoms with Gasteiger partial charge in [0.05, 0.1) is 0 Å². The third kappa shape index (κ3) is 16.6. The molecule has 0 aromatic carbocycles. The van der Waals surface area contributed by atoms with Crippen molar-refractivity contribution < 1.29 is 24.6 Å². The van der Waals surface area contributed by atoms with Gasteiger partial charge in [-0.3, -0.25) is 14.4 Å². The molecule has 5 heteroatoms. The number of ketones is 1. The molecular weight excluding hydrogens is 272 g/mol. The molecule has 0 aliphatic rings. The van der Waals surface area contributed by atoms with E-state index in [9.17, 15) is 14.4 Å². The Balaban J connectivity index is 3.14. The molecule has 0 aliphatic carbocycles. The zero-order chi connectivity index (χ0) is 15.9. The van der Waals surface area contributed by atoms with Gasteiger partial charge in [0.2, 0.25) is 0 Å². The van der Waals surface area contributed by atoms with Gasteiger partial charge in [-0.15, -0.1) is 0 Å². The van der Waals surface area contributed by atoms with Crippen LogP contribution in [0.4, 0.5) is 0 Å². The highest BCUT2D eigenvalue weighted by molar-refractivity contribution is 5.94. The lowest BCUT2D eigenvalue weighted by Gasteiger charge is -2.02. The predicted molar refractivity (Wildman–Crippen MR) is 80.3 cm³/mol. The Bertz CT molecular complexity index is 312. The second-order valence-electron chi connectivity index (χ2n) is 5.54. The number of carbonyl (C=O) groups is 3. The Morgan fingerprint density at radius 2 is 0.905 bits per heavy atom. The fourth-order valence-electron chi connectivity index (χ4n) is 2.27. The van der Waals surface area contributed by atoms with Crippen LogP contribution in [0.3, 0.4) is 0 Å². The minimum Gasteiger partial charge on any atom is -0.481 e. The number of carboxylic acid groups (broad SMARTS) is 2. The van der Waals surface area contributed by atoms with Gasteiger partial charge in [0.15, 0.2) is 0 Å². The van der Waals surface area contributed by atoms with Gasteiger partial charge in [0.25, 0.3) is 0 Å². The SMILES string of the molecule is O=C(O)CCCCCCCCCCCCC(=O)CC(=O)O. The summed E-state index contributed by atoms with van der Waals surface area (Å²) < 4.78 is 0. The average molecular weight is 300 g/mol. The highest BCUT2D eigenvalue weighted by Crippen LogP contribution is 2.12. The molecule has 0 aromatic heterocycles. The highest BCUT2D eigenvalue weighted by Gasteiger charge is 2.06. The number of carboxylic acids is 2. The molecule has 0 saturated heterocycles. The van der Waals surface area contributed by atoms with Crippen molar-refractivity contribution in [2.75, 3.05) is 0 Å². The van der Waals surface area contributed by atoms with Crippen LogP contribution >= 0.6 is 0 Å². The van der Waals surface area contributed by atoms with Gasteiger partial charge in [-0.25, -0.2) is 0 Å². The summed E-state index contributed by atoms with van der Waals surface area (Å²) in [4.78, 5) is 31.7. The first-order valence-electron chi connectivity index (χ1n) is 7.97. The standard InChI is InChI=1S/C16H28O5/c17-14(13-16(20)21)11-9-7-5-3-1-2-4-6-8-10-12-15(18)19/h1-13H2,(H,18,19)(H,20,21).